The van der Waals surface area contributed by atoms with Crippen molar-refractivity contribution < 1.29 is 19.0 Å². The lowest BCUT2D eigenvalue weighted by Gasteiger charge is -2.15. The van der Waals surface area contributed by atoms with Crippen LogP contribution < -0.4 is 14.9 Å². The average molecular weight is 250 g/mol. The number of methoxy groups -OCH3 is 2. The van der Waals surface area contributed by atoms with E-state index in [4.69, 9.17) is 14.2 Å². The molecule has 96 valence electrons. The Morgan fingerprint density at radius 2 is 2.11 bits per heavy atom. The first-order chi connectivity index (χ1) is 8.74. The van der Waals surface area contributed by atoms with E-state index < -0.39 is 0 Å². The molecule has 0 saturated heterocycles. The summed E-state index contributed by atoms with van der Waals surface area (Å²) in [7, 11) is 3.07. The third-order valence-electron chi connectivity index (χ3n) is 2.44. The molecule has 2 rings (SSSR count). The number of benzene rings is 1. The van der Waals surface area contributed by atoms with Gasteiger partial charge in [-0.2, -0.15) is 0 Å². The largest absolute Gasteiger partial charge is 0.493 e. The van der Waals surface area contributed by atoms with E-state index in [2.05, 4.69) is 5.43 Å². The first-order valence-corrected chi connectivity index (χ1v) is 5.32. The summed E-state index contributed by atoms with van der Waals surface area (Å²) in [5, 5.41) is 1.54. The van der Waals surface area contributed by atoms with Crippen molar-refractivity contribution >= 4 is 5.91 Å². The molecule has 1 N–H and O–H groups in total. The fraction of sp³-hybridized carbons (Fsp3) is 0.250. The van der Waals surface area contributed by atoms with Gasteiger partial charge in [-0.3, -0.25) is 15.2 Å². The number of amides is 1. The molecule has 0 saturated carbocycles. The summed E-state index contributed by atoms with van der Waals surface area (Å²) in [4.78, 5) is 11.9. The predicted molar refractivity (Wildman–Crippen MR) is 63.9 cm³/mol. The second-order valence-electron chi connectivity index (χ2n) is 3.56. The summed E-state index contributed by atoms with van der Waals surface area (Å²) >= 11 is 0. The second kappa shape index (κ2) is 5.31. The number of ether oxygens (including phenoxy) is 3. The van der Waals surface area contributed by atoms with E-state index in [9.17, 15) is 4.79 Å². The van der Waals surface area contributed by atoms with Gasteiger partial charge in [0.1, 0.15) is 6.26 Å². The molecule has 0 fully saturated rings. The highest BCUT2D eigenvalue weighted by atomic mass is 16.5. The molecule has 0 atom stereocenters. The van der Waals surface area contributed by atoms with Crippen LogP contribution in [-0.4, -0.2) is 31.9 Å². The summed E-state index contributed by atoms with van der Waals surface area (Å²) < 4.78 is 15.2. The molecular formula is C12H14N2O4. The van der Waals surface area contributed by atoms with Gasteiger partial charge in [-0.25, -0.2) is 0 Å². The van der Waals surface area contributed by atoms with Crippen molar-refractivity contribution in [3.05, 3.63) is 36.2 Å². The molecule has 1 heterocycles. The minimum Gasteiger partial charge on any atom is -0.493 e. The molecule has 0 bridgehead atoms. The van der Waals surface area contributed by atoms with E-state index in [1.807, 2.05) is 0 Å². The number of hydrogen-bond donors (Lipinski definition) is 1. The van der Waals surface area contributed by atoms with Crippen LogP contribution in [0.25, 0.3) is 0 Å². The van der Waals surface area contributed by atoms with E-state index >= 15 is 0 Å². The van der Waals surface area contributed by atoms with Gasteiger partial charge in [0.15, 0.2) is 18.2 Å². The molecule has 18 heavy (non-hydrogen) atoms. The Hall–Kier alpha value is -2.37. The van der Waals surface area contributed by atoms with Crippen LogP contribution >= 0.6 is 0 Å². The summed E-state index contributed by atoms with van der Waals surface area (Å²) in [5.74, 6) is 0.850. The van der Waals surface area contributed by atoms with Crippen LogP contribution in [0.4, 0.5) is 0 Å². The summed E-state index contributed by atoms with van der Waals surface area (Å²) in [6, 6.07) is 4.97. The van der Waals surface area contributed by atoms with Gasteiger partial charge in [-0.15, -0.1) is 0 Å². The molecule has 0 spiro atoms. The molecule has 6 nitrogen and oxygen atoms in total. The summed E-state index contributed by atoms with van der Waals surface area (Å²) in [5.41, 5.74) is 3.15. The first kappa shape index (κ1) is 12.1. The monoisotopic (exact) mass is 250 g/mol. The maximum Gasteiger partial charge on any atom is 0.270 e. The minimum atomic E-state index is -0.244. The standard InChI is InChI=1S/C12H14N2O4/c1-16-10-4-3-9(7-11(10)17-2)12(15)13-14-5-6-18-8-14/h3-7H,8H2,1-2H3,(H,13,15). The van der Waals surface area contributed by atoms with E-state index in [0.717, 1.165) is 0 Å². The zero-order valence-electron chi connectivity index (χ0n) is 10.2. The highest BCUT2D eigenvalue weighted by molar-refractivity contribution is 5.94. The first-order valence-electron chi connectivity index (χ1n) is 5.32. The molecule has 0 radical (unpaired) electrons. The molecule has 1 aliphatic rings. The Morgan fingerprint density at radius 3 is 2.72 bits per heavy atom. The van der Waals surface area contributed by atoms with Crippen LogP contribution in [0.1, 0.15) is 10.4 Å². The van der Waals surface area contributed by atoms with Gasteiger partial charge in [0.05, 0.1) is 20.4 Å². The predicted octanol–water partition coefficient (Wildman–Crippen LogP) is 1.11. The average Bonchev–Trinajstić information content (AvgIpc) is 2.90. The Labute approximate surface area is 105 Å². The van der Waals surface area contributed by atoms with Crippen LogP contribution in [0.15, 0.2) is 30.7 Å². The molecule has 0 aliphatic carbocycles. The zero-order valence-corrected chi connectivity index (χ0v) is 10.2. The van der Waals surface area contributed by atoms with Gasteiger partial charge in [0.25, 0.3) is 5.91 Å². The maximum absolute atomic E-state index is 11.9. The van der Waals surface area contributed by atoms with Crippen LogP contribution in [0, 0.1) is 0 Å². The quantitative estimate of drug-likeness (QED) is 0.867. The van der Waals surface area contributed by atoms with E-state index in [1.54, 1.807) is 36.5 Å². The molecule has 0 unspecified atom stereocenters. The third-order valence-corrected chi connectivity index (χ3v) is 2.44. The summed E-state index contributed by atoms with van der Waals surface area (Å²) in [6.45, 7) is 0.305. The van der Waals surface area contributed by atoms with Gasteiger partial charge in [0, 0.05) is 5.56 Å². The lowest BCUT2D eigenvalue weighted by atomic mass is 10.2. The van der Waals surface area contributed by atoms with E-state index in [0.29, 0.717) is 23.8 Å². The van der Waals surface area contributed by atoms with Gasteiger partial charge in [0.2, 0.25) is 0 Å². The van der Waals surface area contributed by atoms with Gasteiger partial charge in [-0.05, 0) is 18.2 Å². The number of nitrogens with one attached hydrogen (secondary N) is 1. The number of hydrogen-bond acceptors (Lipinski definition) is 5. The highest BCUT2D eigenvalue weighted by Crippen LogP contribution is 2.27. The van der Waals surface area contributed by atoms with Crippen molar-refractivity contribution in [3.63, 3.8) is 0 Å². The van der Waals surface area contributed by atoms with Crippen LogP contribution in [0.5, 0.6) is 11.5 Å². The normalized spacial score (nSPS) is 13.1. The fourth-order valence-corrected chi connectivity index (χ4v) is 1.52. The highest BCUT2D eigenvalue weighted by Gasteiger charge is 2.13. The van der Waals surface area contributed by atoms with Crippen LogP contribution in [-0.2, 0) is 4.74 Å². The molecule has 0 aromatic heterocycles. The van der Waals surface area contributed by atoms with Crippen LogP contribution in [0.3, 0.4) is 0 Å². The maximum atomic E-state index is 11.9. The molecule has 1 aromatic rings. The second-order valence-corrected chi connectivity index (χ2v) is 3.56. The smallest absolute Gasteiger partial charge is 0.270 e. The Morgan fingerprint density at radius 1 is 1.33 bits per heavy atom. The van der Waals surface area contributed by atoms with Crippen molar-refractivity contribution in [2.45, 2.75) is 0 Å². The van der Waals surface area contributed by atoms with E-state index in [-0.39, 0.29) is 5.91 Å². The lowest BCUT2D eigenvalue weighted by molar-refractivity contribution is 0.0752. The molecular weight excluding hydrogens is 236 g/mol. The topological polar surface area (TPSA) is 60.0 Å². The van der Waals surface area contributed by atoms with Crippen molar-refractivity contribution in [3.8, 4) is 11.5 Å². The number of nitrogens with zero attached hydrogens (tertiary/aromatic N) is 1. The minimum absolute atomic E-state index is 0.244. The lowest BCUT2D eigenvalue weighted by Crippen LogP contribution is -2.37. The SMILES string of the molecule is COc1ccc(C(=O)NN2C=COC2)cc1OC. The van der Waals surface area contributed by atoms with Gasteiger partial charge >= 0.3 is 0 Å². The van der Waals surface area contributed by atoms with Crippen LogP contribution in [0.2, 0.25) is 0 Å². The molecule has 1 aromatic carbocycles. The molecule has 1 amide bonds. The summed E-state index contributed by atoms with van der Waals surface area (Å²) in [6.07, 6.45) is 3.15. The van der Waals surface area contributed by atoms with Gasteiger partial charge in [-0.1, -0.05) is 0 Å². The fourth-order valence-electron chi connectivity index (χ4n) is 1.52. The Bertz CT molecular complexity index is 473. The Kier molecular flexibility index (Phi) is 3.57. The number of carbonyl (C=O) groups excluding carboxylic acids is 1. The van der Waals surface area contributed by atoms with Crippen molar-refractivity contribution in [1.29, 1.82) is 0 Å². The molecule has 1 aliphatic heterocycles. The number of hydrazine groups is 1. The third kappa shape index (κ3) is 2.48. The van der Waals surface area contributed by atoms with Gasteiger partial charge < -0.3 is 14.2 Å². The van der Waals surface area contributed by atoms with Crippen molar-refractivity contribution in [1.82, 2.24) is 10.4 Å². The van der Waals surface area contributed by atoms with Crippen molar-refractivity contribution in [2.75, 3.05) is 21.0 Å². The van der Waals surface area contributed by atoms with Crippen molar-refractivity contribution in [2.24, 2.45) is 0 Å². The number of rotatable bonds is 4. The number of carbonyl (C=O) groups is 1. The zero-order chi connectivity index (χ0) is 13.0. The Balaban J connectivity index is 2.12. The molecule has 6 heteroatoms. The van der Waals surface area contributed by atoms with E-state index in [1.165, 1.54) is 13.4 Å².